The predicted octanol–water partition coefficient (Wildman–Crippen LogP) is 3.20. The van der Waals surface area contributed by atoms with Gasteiger partial charge in [0.05, 0.1) is 5.56 Å². The average Bonchev–Trinajstić information content (AvgIpc) is 2.48. The Morgan fingerprint density at radius 1 is 1.20 bits per heavy atom. The summed E-state index contributed by atoms with van der Waals surface area (Å²) >= 11 is 0. The lowest BCUT2D eigenvalue weighted by Gasteiger charge is -2.44. The molecule has 1 aliphatic heterocycles. The minimum absolute atomic E-state index is 0.0985. The number of nitrogens with zero attached hydrogens (tertiary/aromatic N) is 1. The number of rotatable bonds is 1. The van der Waals surface area contributed by atoms with Crippen LogP contribution in [0.4, 0.5) is 10.1 Å². The number of carbonyl (C=O) groups is 1. The molecule has 3 rings (SSSR count). The van der Waals surface area contributed by atoms with E-state index in [1.54, 1.807) is 0 Å². The fraction of sp³-hybridized carbons (Fsp3) is 0.562. The maximum absolute atomic E-state index is 13.4. The Kier molecular flexibility index (Phi) is 3.64. The quantitative estimate of drug-likeness (QED) is 0.801. The van der Waals surface area contributed by atoms with E-state index in [1.165, 1.54) is 43.9 Å². The Morgan fingerprint density at radius 2 is 1.95 bits per heavy atom. The first-order valence-corrected chi connectivity index (χ1v) is 7.53. The molecule has 20 heavy (non-hydrogen) atoms. The topological polar surface area (TPSA) is 46.3 Å². The van der Waals surface area contributed by atoms with Gasteiger partial charge in [0.25, 0.3) is 5.91 Å². The molecule has 1 saturated carbocycles. The van der Waals surface area contributed by atoms with Crippen LogP contribution in [0.25, 0.3) is 0 Å². The van der Waals surface area contributed by atoms with Gasteiger partial charge in [-0.2, -0.15) is 0 Å². The summed E-state index contributed by atoms with van der Waals surface area (Å²) in [5, 5.41) is 0. The van der Waals surface area contributed by atoms with Gasteiger partial charge < -0.3 is 10.6 Å². The molecule has 2 atom stereocenters. The molecule has 1 aliphatic carbocycles. The van der Waals surface area contributed by atoms with Crippen molar-refractivity contribution in [3.63, 3.8) is 0 Å². The van der Waals surface area contributed by atoms with Crippen molar-refractivity contribution in [2.24, 2.45) is 5.92 Å². The van der Waals surface area contributed by atoms with Gasteiger partial charge >= 0.3 is 0 Å². The lowest BCUT2D eigenvalue weighted by Crippen LogP contribution is -2.49. The van der Waals surface area contributed by atoms with Gasteiger partial charge in [-0.1, -0.05) is 12.8 Å². The van der Waals surface area contributed by atoms with Gasteiger partial charge in [0.15, 0.2) is 0 Å². The summed E-state index contributed by atoms with van der Waals surface area (Å²) in [4.78, 5) is 14.6. The average molecular weight is 276 g/mol. The maximum Gasteiger partial charge on any atom is 0.256 e. The number of halogens is 1. The number of amides is 1. The largest absolute Gasteiger partial charge is 0.398 e. The van der Waals surface area contributed by atoms with Crippen LogP contribution in [0.1, 0.15) is 48.9 Å². The Balaban J connectivity index is 1.87. The van der Waals surface area contributed by atoms with Crippen LogP contribution >= 0.6 is 0 Å². The van der Waals surface area contributed by atoms with Crippen molar-refractivity contribution >= 4 is 11.6 Å². The van der Waals surface area contributed by atoms with Gasteiger partial charge in [-0.05, 0) is 49.8 Å². The summed E-state index contributed by atoms with van der Waals surface area (Å²) in [6, 6.07) is 4.37. The van der Waals surface area contributed by atoms with Gasteiger partial charge in [0, 0.05) is 18.3 Å². The molecule has 2 aliphatic rings. The summed E-state index contributed by atoms with van der Waals surface area (Å²) in [7, 11) is 0. The number of nitrogen functional groups attached to an aromatic ring is 1. The highest BCUT2D eigenvalue weighted by Gasteiger charge is 2.36. The highest BCUT2D eigenvalue weighted by atomic mass is 19.1. The molecular formula is C16H21FN2O. The molecule has 1 aromatic rings. The molecule has 1 aromatic carbocycles. The van der Waals surface area contributed by atoms with Crippen molar-refractivity contribution < 1.29 is 9.18 Å². The summed E-state index contributed by atoms with van der Waals surface area (Å²) < 4.78 is 13.4. The van der Waals surface area contributed by atoms with Crippen LogP contribution in [0.2, 0.25) is 0 Å². The first-order chi connectivity index (χ1) is 9.66. The third-order valence-electron chi connectivity index (χ3n) is 4.75. The van der Waals surface area contributed by atoms with Gasteiger partial charge in [0.1, 0.15) is 5.82 Å². The van der Waals surface area contributed by atoms with Crippen molar-refractivity contribution in [2.75, 3.05) is 12.3 Å². The molecule has 0 radical (unpaired) electrons. The fourth-order valence-corrected chi connectivity index (χ4v) is 3.75. The van der Waals surface area contributed by atoms with Gasteiger partial charge in [0.2, 0.25) is 0 Å². The molecule has 1 saturated heterocycles. The Hall–Kier alpha value is -1.58. The number of nitrogens with two attached hydrogens (primary N) is 1. The molecule has 3 nitrogen and oxygen atoms in total. The highest BCUT2D eigenvalue weighted by Crippen LogP contribution is 2.36. The highest BCUT2D eigenvalue weighted by molar-refractivity contribution is 5.99. The lowest BCUT2D eigenvalue weighted by molar-refractivity contribution is 0.0391. The second-order valence-corrected chi connectivity index (χ2v) is 5.98. The van der Waals surface area contributed by atoms with Crippen molar-refractivity contribution in [3.8, 4) is 0 Å². The molecule has 108 valence electrons. The predicted molar refractivity (Wildman–Crippen MR) is 76.8 cm³/mol. The molecule has 0 unspecified atom stereocenters. The van der Waals surface area contributed by atoms with Crippen LogP contribution in [-0.4, -0.2) is 23.4 Å². The third-order valence-corrected chi connectivity index (χ3v) is 4.75. The molecule has 4 heteroatoms. The van der Waals surface area contributed by atoms with Crippen molar-refractivity contribution in [1.82, 2.24) is 4.90 Å². The van der Waals surface area contributed by atoms with Gasteiger partial charge in [-0.15, -0.1) is 0 Å². The molecule has 2 N–H and O–H groups in total. The zero-order valence-corrected chi connectivity index (χ0v) is 11.6. The van der Waals surface area contributed by atoms with E-state index in [0.29, 0.717) is 23.2 Å². The van der Waals surface area contributed by atoms with Crippen LogP contribution in [0.5, 0.6) is 0 Å². The minimum atomic E-state index is -0.403. The third kappa shape index (κ3) is 2.39. The molecule has 1 amide bonds. The SMILES string of the molecule is Nc1ccc(F)cc1C(=O)N1CCC[C@H]2CCCC[C@H]21. The zero-order chi connectivity index (χ0) is 14.1. The Bertz CT molecular complexity index is 515. The van der Waals surface area contributed by atoms with Gasteiger partial charge in [-0.25, -0.2) is 4.39 Å². The molecule has 0 spiro atoms. The van der Waals surface area contributed by atoms with E-state index in [2.05, 4.69) is 0 Å². The molecular weight excluding hydrogens is 255 g/mol. The summed E-state index contributed by atoms with van der Waals surface area (Å²) in [5.74, 6) is 0.120. The molecule has 2 fully saturated rings. The normalized spacial score (nSPS) is 26.1. The number of hydrogen-bond acceptors (Lipinski definition) is 2. The van der Waals surface area contributed by atoms with E-state index in [9.17, 15) is 9.18 Å². The second-order valence-electron chi connectivity index (χ2n) is 5.98. The van der Waals surface area contributed by atoms with Crippen LogP contribution in [-0.2, 0) is 0 Å². The van der Waals surface area contributed by atoms with Crippen molar-refractivity contribution in [2.45, 2.75) is 44.6 Å². The van der Waals surface area contributed by atoms with Gasteiger partial charge in [-0.3, -0.25) is 4.79 Å². The first-order valence-electron chi connectivity index (χ1n) is 7.53. The fourth-order valence-electron chi connectivity index (χ4n) is 3.75. The van der Waals surface area contributed by atoms with E-state index >= 15 is 0 Å². The van der Waals surface area contributed by atoms with Crippen LogP contribution < -0.4 is 5.73 Å². The summed E-state index contributed by atoms with van der Waals surface area (Å²) in [5.41, 5.74) is 6.54. The zero-order valence-electron chi connectivity index (χ0n) is 11.6. The van der Waals surface area contributed by atoms with Crippen LogP contribution in [0.15, 0.2) is 18.2 Å². The Labute approximate surface area is 118 Å². The smallest absolute Gasteiger partial charge is 0.256 e. The van der Waals surface area contributed by atoms with E-state index in [0.717, 1.165) is 19.4 Å². The molecule has 1 heterocycles. The number of hydrogen-bond donors (Lipinski definition) is 1. The number of benzene rings is 1. The van der Waals surface area contributed by atoms with E-state index < -0.39 is 5.82 Å². The minimum Gasteiger partial charge on any atom is -0.398 e. The number of carbonyl (C=O) groups excluding carboxylic acids is 1. The summed E-state index contributed by atoms with van der Waals surface area (Å²) in [6.45, 7) is 0.774. The van der Waals surface area contributed by atoms with Crippen LogP contribution in [0, 0.1) is 11.7 Å². The molecule has 0 aromatic heterocycles. The lowest BCUT2D eigenvalue weighted by atomic mass is 9.78. The number of likely N-dealkylation sites (tertiary alicyclic amines) is 1. The van der Waals surface area contributed by atoms with E-state index in [1.807, 2.05) is 4.90 Å². The number of piperidine rings is 1. The van der Waals surface area contributed by atoms with E-state index in [4.69, 9.17) is 5.73 Å². The van der Waals surface area contributed by atoms with E-state index in [-0.39, 0.29) is 5.91 Å². The first kappa shape index (κ1) is 13.4. The van der Waals surface area contributed by atoms with Crippen LogP contribution in [0.3, 0.4) is 0 Å². The summed E-state index contributed by atoms with van der Waals surface area (Å²) in [6.07, 6.45) is 7.00. The maximum atomic E-state index is 13.4. The second kappa shape index (κ2) is 5.43. The van der Waals surface area contributed by atoms with Crippen molar-refractivity contribution in [1.29, 1.82) is 0 Å². The number of anilines is 1. The standard InChI is InChI=1S/C16H21FN2O/c17-12-7-8-14(18)13(10-12)16(20)19-9-3-5-11-4-1-2-6-15(11)19/h7-8,10-11,15H,1-6,9,18H2/t11-,15-/m1/s1. The Morgan fingerprint density at radius 3 is 2.80 bits per heavy atom. The van der Waals surface area contributed by atoms with Crippen molar-refractivity contribution in [3.05, 3.63) is 29.6 Å². The molecule has 0 bridgehead atoms. The monoisotopic (exact) mass is 276 g/mol. The number of fused-ring (bicyclic) bond motifs is 1.